The maximum absolute atomic E-state index is 11.6. The molecule has 2 fully saturated rings. The van der Waals surface area contributed by atoms with Crippen molar-refractivity contribution in [3.05, 3.63) is 0 Å². The number of fused-ring (bicyclic) bond motifs is 2. The molecule has 2 saturated heterocycles. The van der Waals surface area contributed by atoms with Gasteiger partial charge in [0.05, 0.1) is 10.5 Å². The highest BCUT2D eigenvalue weighted by Crippen LogP contribution is 2.36. The summed E-state index contributed by atoms with van der Waals surface area (Å²) >= 11 is 0. The van der Waals surface area contributed by atoms with Crippen molar-refractivity contribution >= 4 is 9.84 Å². The molecule has 0 spiro atoms. The van der Waals surface area contributed by atoms with E-state index in [2.05, 4.69) is 0 Å². The fourth-order valence-electron chi connectivity index (χ4n) is 2.33. The van der Waals surface area contributed by atoms with E-state index in [9.17, 15) is 8.42 Å². The highest BCUT2D eigenvalue weighted by Gasteiger charge is 2.41. The molecule has 64 valence electrons. The molecular weight excluding hydrogens is 160 g/mol. The summed E-state index contributed by atoms with van der Waals surface area (Å²) in [5, 5.41) is 0.0741. The molecule has 0 unspecified atom stereocenters. The Morgan fingerprint density at radius 1 is 0.818 bits per heavy atom. The van der Waals surface area contributed by atoms with Gasteiger partial charge in [-0.05, 0) is 25.7 Å². The molecule has 2 aliphatic rings. The molecule has 2 nitrogen and oxygen atoms in total. The van der Waals surface area contributed by atoms with Crippen molar-refractivity contribution < 1.29 is 8.42 Å². The average molecular weight is 174 g/mol. The van der Waals surface area contributed by atoms with Crippen molar-refractivity contribution in [3.63, 3.8) is 0 Å². The maximum atomic E-state index is 11.6. The molecule has 0 aliphatic carbocycles. The minimum Gasteiger partial charge on any atom is -0.228 e. The van der Waals surface area contributed by atoms with Crippen molar-refractivity contribution in [2.24, 2.45) is 0 Å². The quantitative estimate of drug-likeness (QED) is 0.558. The normalized spacial score (nSPS) is 41.8. The van der Waals surface area contributed by atoms with E-state index >= 15 is 0 Å². The van der Waals surface area contributed by atoms with Crippen molar-refractivity contribution in [1.29, 1.82) is 0 Å². The molecule has 0 aromatic heterocycles. The Morgan fingerprint density at radius 3 is 1.73 bits per heavy atom. The Labute approximate surface area is 67.9 Å². The van der Waals surface area contributed by atoms with Gasteiger partial charge in [0.15, 0.2) is 9.84 Å². The van der Waals surface area contributed by atoms with Crippen LogP contribution in [0.25, 0.3) is 0 Å². The molecule has 2 rings (SSSR count). The van der Waals surface area contributed by atoms with Crippen LogP contribution in [0.1, 0.15) is 38.5 Å². The second-order valence-corrected chi connectivity index (χ2v) is 6.21. The van der Waals surface area contributed by atoms with E-state index in [0.717, 1.165) is 38.5 Å². The van der Waals surface area contributed by atoms with Crippen LogP contribution < -0.4 is 0 Å². The van der Waals surface area contributed by atoms with E-state index in [-0.39, 0.29) is 10.5 Å². The van der Waals surface area contributed by atoms with Crippen molar-refractivity contribution in [1.82, 2.24) is 0 Å². The standard InChI is InChI=1S/C8H14O2S/c9-11(10)7-3-1-2-4-8(11)6-5-7/h7-8H,1-6H2/t7-,8-/m0/s1. The van der Waals surface area contributed by atoms with E-state index in [1.54, 1.807) is 0 Å². The molecular formula is C8H14O2S. The molecule has 2 heterocycles. The average Bonchev–Trinajstić information content (AvgIpc) is 2.00. The predicted molar refractivity (Wildman–Crippen MR) is 44.2 cm³/mol. The first-order chi connectivity index (χ1) is 5.21. The molecule has 0 radical (unpaired) electrons. The molecule has 2 atom stereocenters. The summed E-state index contributed by atoms with van der Waals surface area (Å²) in [4.78, 5) is 0. The molecule has 3 heteroatoms. The monoisotopic (exact) mass is 174 g/mol. The van der Waals surface area contributed by atoms with Crippen LogP contribution in [0.2, 0.25) is 0 Å². The van der Waals surface area contributed by atoms with Crippen molar-refractivity contribution in [2.75, 3.05) is 0 Å². The Kier molecular flexibility index (Phi) is 1.71. The fourth-order valence-corrected chi connectivity index (χ4v) is 4.80. The predicted octanol–water partition coefficient (Wildman–Crippen LogP) is 1.51. The van der Waals surface area contributed by atoms with E-state index in [1.807, 2.05) is 0 Å². The summed E-state index contributed by atoms with van der Waals surface area (Å²) in [6.45, 7) is 0. The second-order valence-electron chi connectivity index (χ2n) is 3.69. The van der Waals surface area contributed by atoms with Crippen LogP contribution >= 0.6 is 0 Å². The third-order valence-electron chi connectivity index (χ3n) is 3.04. The first kappa shape index (κ1) is 7.59. The van der Waals surface area contributed by atoms with Gasteiger partial charge in [-0.1, -0.05) is 12.8 Å². The van der Waals surface area contributed by atoms with Crippen molar-refractivity contribution in [3.8, 4) is 0 Å². The minimum atomic E-state index is -2.67. The van der Waals surface area contributed by atoms with Crippen LogP contribution in [0.5, 0.6) is 0 Å². The Balaban J connectivity index is 2.33. The molecule has 0 saturated carbocycles. The smallest absolute Gasteiger partial charge is 0.156 e. The zero-order valence-electron chi connectivity index (χ0n) is 6.62. The van der Waals surface area contributed by atoms with Gasteiger partial charge >= 0.3 is 0 Å². The van der Waals surface area contributed by atoms with Gasteiger partial charge in [-0.3, -0.25) is 0 Å². The lowest BCUT2D eigenvalue weighted by molar-refractivity contribution is 0.556. The van der Waals surface area contributed by atoms with Gasteiger partial charge in [-0.25, -0.2) is 8.42 Å². The topological polar surface area (TPSA) is 34.1 Å². The zero-order valence-corrected chi connectivity index (χ0v) is 7.44. The first-order valence-corrected chi connectivity index (χ1v) is 6.05. The van der Waals surface area contributed by atoms with E-state index in [4.69, 9.17) is 0 Å². The Hall–Kier alpha value is -0.0500. The molecule has 2 bridgehead atoms. The van der Waals surface area contributed by atoms with Crippen LogP contribution in [0, 0.1) is 0 Å². The largest absolute Gasteiger partial charge is 0.228 e. The summed E-state index contributed by atoms with van der Waals surface area (Å²) in [7, 11) is -2.67. The van der Waals surface area contributed by atoms with Gasteiger partial charge in [-0.15, -0.1) is 0 Å². The molecule has 0 aromatic carbocycles. The highest BCUT2D eigenvalue weighted by molar-refractivity contribution is 7.92. The van der Waals surface area contributed by atoms with E-state index < -0.39 is 9.84 Å². The zero-order chi connectivity index (χ0) is 7.90. The number of hydrogen-bond acceptors (Lipinski definition) is 2. The lowest BCUT2D eigenvalue weighted by Gasteiger charge is -2.06. The third-order valence-corrected chi connectivity index (χ3v) is 5.84. The fraction of sp³-hybridized carbons (Fsp3) is 1.00. The van der Waals surface area contributed by atoms with Gasteiger partial charge in [0.2, 0.25) is 0 Å². The minimum absolute atomic E-state index is 0.0370. The number of hydrogen-bond donors (Lipinski definition) is 0. The maximum Gasteiger partial charge on any atom is 0.156 e. The molecule has 0 aromatic rings. The molecule has 2 aliphatic heterocycles. The molecule has 0 amide bonds. The van der Waals surface area contributed by atoms with Gasteiger partial charge in [0.1, 0.15) is 0 Å². The van der Waals surface area contributed by atoms with Crippen LogP contribution in [0.3, 0.4) is 0 Å². The molecule has 11 heavy (non-hydrogen) atoms. The lowest BCUT2D eigenvalue weighted by atomic mass is 10.0. The number of rotatable bonds is 0. The Morgan fingerprint density at radius 2 is 1.27 bits per heavy atom. The van der Waals surface area contributed by atoms with Crippen molar-refractivity contribution in [2.45, 2.75) is 49.0 Å². The van der Waals surface area contributed by atoms with Crippen LogP contribution in [0.15, 0.2) is 0 Å². The summed E-state index contributed by atoms with van der Waals surface area (Å²) in [6, 6.07) is 0. The summed E-state index contributed by atoms with van der Waals surface area (Å²) in [5.41, 5.74) is 0. The van der Waals surface area contributed by atoms with Gasteiger partial charge in [-0.2, -0.15) is 0 Å². The van der Waals surface area contributed by atoms with Gasteiger partial charge in [0, 0.05) is 0 Å². The third kappa shape index (κ3) is 1.10. The molecule has 0 N–H and O–H groups in total. The summed E-state index contributed by atoms with van der Waals surface area (Å²) in [6.07, 6.45) is 5.98. The van der Waals surface area contributed by atoms with Crippen LogP contribution in [-0.2, 0) is 9.84 Å². The van der Waals surface area contributed by atoms with E-state index in [0.29, 0.717) is 0 Å². The van der Waals surface area contributed by atoms with Gasteiger partial charge < -0.3 is 0 Å². The lowest BCUT2D eigenvalue weighted by Crippen LogP contribution is -2.20. The second kappa shape index (κ2) is 2.47. The number of sulfone groups is 1. The van der Waals surface area contributed by atoms with E-state index in [1.165, 1.54) is 0 Å². The van der Waals surface area contributed by atoms with Crippen LogP contribution in [0.4, 0.5) is 0 Å². The summed E-state index contributed by atoms with van der Waals surface area (Å²) in [5.74, 6) is 0. The highest BCUT2D eigenvalue weighted by atomic mass is 32.2. The SMILES string of the molecule is O=S1(=O)[C@H]2CCCC[C@H]1CC2. The van der Waals surface area contributed by atoms with Gasteiger partial charge in [0.25, 0.3) is 0 Å². The first-order valence-electron chi connectivity index (χ1n) is 4.44. The Bertz CT molecular complexity index is 223. The summed E-state index contributed by atoms with van der Waals surface area (Å²) < 4.78 is 23.2. The van der Waals surface area contributed by atoms with Crippen LogP contribution in [-0.4, -0.2) is 18.9 Å².